The maximum atomic E-state index is 12.3. The van der Waals surface area contributed by atoms with Crippen molar-refractivity contribution in [1.82, 2.24) is 15.6 Å². The fraction of sp³-hybridized carbons (Fsp3) is 0.421. The van der Waals surface area contributed by atoms with E-state index in [0.29, 0.717) is 11.7 Å². The lowest BCUT2D eigenvalue weighted by molar-refractivity contribution is -0.115. The smallest absolute Gasteiger partial charge is 0.274 e. The Kier molecular flexibility index (Phi) is 4.99. The van der Waals surface area contributed by atoms with Gasteiger partial charge in [0.15, 0.2) is 0 Å². The summed E-state index contributed by atoms with van der Waals surface area (Å²) in [4.78, 5) is 21.3. The minimum Gasteiger partial charge on any atom is -0.381 e. The van der Waals surface area contributed by atoms with Crippen LogP contribution in [0.2, 0.25) is 0 Å². The molecule has 1 amide bonds. The number of carbonyl (C=O) groups excluding carboxylic acids is 1. The summed E-state index contributed by atoms with van der Waals surface area (Å²) in [5.74, 6) is 0.395. The van der Waals surface area contributed by atoms with E-state index in [9.17, 15) is 4.79 Å². The summed E-state index contributed by atoms with van der Waals surface area (Å²) in [6, 6.07) is 6.15. The van der Waals surface area contributed by atoms with Gasteiger partial charge in [0.05, 0.1) is 27.9 Å². The number of hydrogen-bond donors (Lipinski definition) is 2. The Bertz CT molecular complexity index is 873. The summed E-state index contributed by atoms with van der Waals surface area (Å²) in [6.07, 6.45) is 7.44. The highest BCUT2D eigenvalue weighted by Gasteiger charge is 2.25. The van der Waals surface area contributed by atoms with Crippen molar-refractivity contribution in [1.29, 1.82) is 0 Å². The van der Waals surface area contributed by atoms with Crippen molar-refractivity contribution in [2.45, 2.75) is 44.2 Å². The molecule has 2 aromatic rings. The van der Waals surface area contributed by atoms with Gasteiger partial charge in [0.25, 0.3) is 5.91 Å². The van der Waals surface area contributed by atoms with E-state index in [-0.39, 0.29) is 18.1 Å². The highest BCUT2D eigenvalue weighted by molar-refractivity contribution is 7.16. The quantitative estimate of drug-likeness (QED) is 0.643. The standard InChI is InChI=1S/C19H22N4O2S/c1-25-14-5-3-2-4-13(10-14)21-19-22-16(18(24)23-19)8-12-6-7-15-17(9-12)26-11-20-15/h6-9,11,13-14H,2-5,10H2,1H3,(H2,21,22,23,24)/b16-8-/t13-,14-/m0/s1. The Hall–Kier alpha value is -2.25. The summed E-state index contributed by atoms with van der Waals surface area (Å²) in [6.45, 7) is 0. The monoisotopic (exact) mass is 370 g/mol. The Morgan fingerprint density at radius 2 is 2.19 bits per heavy atom. The van der Waals surface area contributed by atoms with Gasteiger partial charge in [-0.15, -0.1) is 11.3 Å². The van der Waals surface area contributed by atoms with Crippen LogP contribution in [0, 0.1) is 0 Å². The maximum Gasteiger partial charge on any atom is 0.274 e. The van der Waals surface area contributed by atoms with E-state index in [4.69, 9.17) is 9.73 Å². The van der Waals surface area contributed by atoms with Crippen LogP contribution < -0.4 is 10.6 Å². The van der Waals surface area contributed by atoms with Crippen LogP contribution in [-0.2, 0) is 9.53 Å². The number of amides is 1. The lowest BCUT2D eigenvalue weighted by atomic mass is 10.1. The van der Waals surface area contributed by atoms with Gasteiger partial charge >= 0.3 is 0 Å². The summed E-state index contributed by atoms with van der Waals surface area (Å²) >= 11 is 1.59. The van der Waals surface area contributed by atoms with Gasteiger partial charge in [-0.05, 0) is 43.0 Å². The molecule has 1 aliphatic heterocycles. The molecule has 0 bridgehead atoms. The molecule has 2 aliphatic rings. The highest BCUT2D eigenvalue weighted by atomic mass is 32.1. The molecule has 7 heteroatoms. The maximum absolute atomic E-state index is 12.3. The zero-order valence-corrected chi connectivity index (χ0v) is 15.5. The normalized spacial score (nSPS) is 26.9. The van der Waals surface area contributed by atoms with Gasteiger partial charge in [-0.3, -0.25) is 10.1 Å². The zero-order chi connectivity index (χ0) is 17.9. The molecule has 4 rings (SSSR count). The SMILES string of the molecule is CO[C@H]1CCCC[C@H](N=C2NC(=O)/C(=C/c3ccc4ncsc4c3)N2)C1. The lowest BCUT2D eigenvalue weighted by Gasteiger charge is -2.16. The van der Waals surface area contributed by atoms with Gasteiger partial charge in [0.1, 0.15) is 5.70 Å². The molecule has 1 aromatic carbocycles. The summed E-state index contributed by atoms with van der Waals surface area (Å²) in [5.41, 5.74) is 4.29. The zero-order valence-electron chi connectivity index (χ0n) is 14.7. The third-order valence-electron chi connectivity index (χ3n) is 4.89. The van der Waals surface area contributed by atoms with Crippen molar-refractivity contribution in [3.05, 3.63) is 35.0 Å². The van der Waals surface area contributed by atoms with E-state index in [0.717, 1.165) is 41.5 Å². The van der Waals surface area contributed by atoms with Crippen molar-refractivity contribution in [3.8, 4) is 0 Å². The highest BCUT2D eigenvalue weighted by Crippen LogP contribution is 2.23. The van der Waals surface area contributed by atoms with E-state index in [1.165, 1.54) is 6.42 Å². The first-order chi connectivity index (χ1) is 12.7. The molecule has 26 heavy (non-hydrogen) atoms. The van der Waals surface area contributed by atoms with Crippen LogP contribution in [0.15, 0.2) is 34.4 Å². The van der Waals surface area contributed by atoms with Gasteiger partial charge in [-0.1, -0.05) is 18.9 Å². The minimum absolute atomic E-state index is 0.148. The predicted octanol–water partition coefficient (Wildman–Crippen LogP) is 3.06. The molecule has 1 aliphatic carbocycles. The molecule has 0 unspecified atom stereocenters. The number of thiazole rings is 1. The van der Waals surface area contributed by atoms with Crippen LogP contribution in [0.1, 0.15) is 37.7 Å². The van der Waals surface area contributed by atoms with Crippen LogP contribution >= 0.6 is 11.3 Å². The number of aromatic nitrogens is 1. The van der Waals surface area contributed by atoms with Crippen molar-refractivity contribution < 1.29 is 9.53 Å². The van der Waals surface area contributed by atoms with Crippen molar-refractivity contribution in [3.63, 3.8) is 0 Å². The fourth-order valence-electron chi connectivity index (χ4n) is 3.49. The third kappa shape index (κ3) is 3.78. The third-order valence-corrected chi connectivity index (χ3v) is 5.68. The van der Waals surface area contributed by atoms with Crippen LogP contribution in [0.25, 0.3) is 16.3 Å². The molecule has 136 valence electrons. The van der Waals surface area contributed by atoms with Gasteiger partial charge < -0.3 is 10.1 Å². The average molecular weight is 370 g/mol. The Morgan fingerprint density at radius 1 is 1.31 bits per heavy atom. The first-order valence-electron chi connectivity index (χ1n) is 8.95. The molecule has 2 heterocycles. The first kappa shape index (κ1) is 17.2. The second-order valence-corrected chi connectivity index (χ2v) is 7.61. The molecule has 2 fully saturated rings. The molecule has 2 atom stereocenters. The Morgan fingerprint density at radius 3 is 3.08 bits per heavy atom. The fourth-order valence-corrected chi connectivity index (χ4v) is 4.22. The van der Waals surface area contributed by atoms with Gasteiger partial charge in [0.2, 0.25) is 5.96 Å². The predicted molar refractivity (Wildman–Crippen MR) is 104 cm³/mol. The van der Waals surface area contributed by atoms with Gasteiger partial charge in [0, 0.05) is 7.11 Å². The molecule has 0 radical (unpaired) electrons. The van der Waals surface area contributed by atoms with E-state index in [1.54, 1.807) is 18.4 Å². The molecule has 6 nitrogen and oxygen atoms in total. The van der Waals surface area contributed by atoms with Crippen molar-refractivity contribution in [2.24, 2.45) is 4.99 Å². The van der Waals surface area contributed by atoms with Crippen LogP contribution in [-0.4, -0.2) is 36.1 Å². The number of nitrogens with zero attached hydrogens (tertiary/aromatic N) is 2. The van der Waals surface area contributed by atoms with E-state index >= 15 is 0 Å². The van der Waals surface area contributed by atoms with E-state index < -0.39 is 0 Å². The number of nitrogens with one attached hydrogen (secondary N) is 2. The Balaban J connectivity index is 1.50. The number of ether oxygens (including phenoxy) is 1. The largest absolute Gasteiger partial charge is 0.381 e. The molecule has 1 aromatic heterocycles. The van der Waals surface area contributed by atoms with Crippen molar-refractivity contribution in [2.75, 3.05) is 7.11 Å². The number of benzene rings is 1. The topological polar surface area (TPSA) is 75.6 Å². The molecular weight excluding hydrogens is 348 g/mol. The summed E-state index contributed by atoms with van der Waals surface area (Å²) in [5, 5.41) is 5.97. The number of hydrogen-bond acceptors (Lipinski definition) is 5. The Labute approximate surface area is 156 Å². The van der Waals surface area contributed by atoms with Crippen LogP contribution in [0.3, 0.4) is 0 Å². The van der Waals surface area contributed by atoms with Crippen molar-refractivity contribution >= 4 is 39.5 Å². The second kappa shape index (κ2) is 7.55. The van der Waals surface area contributed by atoms with Gasteiger partial charge in [-0.25, -0.2) is 9.98 Å². The average Bonchev–Trinajstić information content (AvgIpc) is 3.15. The molecule has 0 spiro atoms. The summed E-state index contributed by atoms with van der Waals surface area (Å²) in [7, 11) is 1.76. The first-order valence-corrected chi connectivity index (χ1v) is 9.83. The summed E-state index contributed by atoms with van der Waals surface area (Å²) < 4.78 is 6.63. The lowest BCUT2D eigenvalue weighted by Crippen LogP contribution is -2.28. The molecule has 1 saturated heterocycles. The molecule has 2 N–H and O–H groups in total. The number of carbonyl (C=O) groups is 1. The van der Waals surface area contributed by atoms with Crippen LogP contribution in [0.5, 0.6) is 0 Å². The number of rotatable bonds is 3. The number of fused-ring (bicyclic) bond motifs is 1. The van der Waals surface area contributed by atoms with E-state index in [2.05, 4.69) is 15.6 Å². The van der Waals surface area contributed by atoms with E-state index in [1.807, 2.05) is 29.8 Å². The number of aliphatic imine (C=N–C) groups is 1. The van der Waals surface area contributed by atoms with Gasteiger partial charge in [-0.2, -0.15) is 0 Å². The number of guanidine groups is 1. The second-order valence-electron chi connectivity index (χ2n) is 6.73. The number of methoxy groups -OCH3 is 1. The minimum atomic E-state index is -0.148. The molecular formula is C19H22N4O2S. The molecule has 1 saturated carbocycles. The van der Waals surface area contributed by atoms with Crippen LogP contribution in [0.4, 0.5) is 0 Å².